The molecule has 1 aromatic heterocycles. The quantitative estimate of drug-likeness (QED) is 0.776. The van der Waals surface area contributed by atoms with Gasteiger partial charge in [-0.3, -0.25) is 4.57 Å². The van der Waals surface area contributed by atoms with E-state index in [1.54, 1.807) is 11.5 Å². The summed E-state index contributed by atoms with van der Waals surface area (Å²) in [5.74, 6) is 0. The summed E-state index contributed by atoms with van der Waals surface area (Å²) >= 11 is 1.49. The van der Waals surface area contributed by atoms with Crippen molar-refractivity contribution in [2.24, 2.45) is 5.73 Å². The number of nitrogens with one attached hydrogen (secondary N) is 1. The van der Waals surface area contributed by atoms with Gasteiger partial charge in [0, 0.05) is 11.3 Å². The van der Waals surface area contributed by atoms with Crippen LogP contribution in [-0.2, 0) is 0 Å². The topological polar surface area (TPSA) is 100 Å². The number of thioether (sulfide) groups is 1. The molecule has 0 saturated heterocycles. The third-order valence-corrected chi connectivity index (χ3v) is 3.93. The molecule has 6 nitrogen and oxygen atoms in total. The first-order chi connectivity index (χ1) is 8.43. The number of H-pyrrole nitrogens is 1. The lowest BCUT2D eigenvalue weighted by atomic mass is 10.00. The monoisotopic (exact) mass is 267 g/mol. The number of hydrogen-bond acceptors (Lipinski definition) is 5. The SMILES string of the molecule is CC(CC(C)(N)C#N)Sc1n[nH]c(=O)n1C1CC1. The van der Waals surface area contributed by atoms with Gasteiger partial charge in [0.15, 0.2) is 5.16 Å². The van der Waals surface area contributed by atoms with Gasteiger partial charge >= 0.3 is 5.69 Å². The van der Waals surface area contributed by atoms with Crippen LogP contribution in [0.25, 0.3) is 0 Å². The van der Waals surface area contributed by atoms with E-state index in [2.05, 4.69) is 16.3 Å². The molecule has 1 saturated carbocycles. The Morgan fingerprint density at radius 3 is 3.00 bits per heavy atom. The van der Waals surface area contributed by atoms with Crippen LogP contribution in [0.2, 0.25) is 0 Å². The van der Waals surface area contributed by atoms with Crippen LogP contribution in [0.1, 0.15) is 39.2 Å². The van der Waals surface area contributed by atoms with Crippen molar-refractivity contribution in [3.8, 4) is 6.07 Å². The Morgan fingerprint density at radius 1 is 1.78 bits per heavy atom. The van der Waals surface area contributed by atoms with Crippen molar-refractivity contribution in [3.63, 3.8) is 0 Å². The van der Waals surface area contributed by atoms with Crippen LogP contribution in [0, 0.1) is 11.3 Å². The number of nitriles is 1. The summed E-state index contributed by atoms with van der Waals surface area (Å²) in [6.45, 7) is 3.70. The normalized spacial score (nSPS) is 20.1. The van der Waals surface area contributed by atoms with E-state index in [0.29, 0.717) is 17.6 Å². The van der Waals surface area contributed by atoms with Gasteiger partial charge in [0.1, 0.15) is 5.54 Å². The van der Waals surface area contributed by atoms with Gasteiger partial charge in [0.25, 0.3) is 0 Å². The first-order valence-corrected chi connectivity index (χ1v) is 6.84. The Hall–Kier alpha value is -1.26. The average Bonchev–Trinajstić information content (AvgIpc) is 3.04. The molecule has 1 heterocycles. The zero-order chi connectivity index (χ0) is 13.3. The molecule has 2 atom stereocenters. The van der Waals surface area contributed by atoms with E-state index in [1.807, 2.05) is 6.92 Å². The van der Waals surface area contributed by atoms with E-state index in [9.17, 15) is 4.79 Å². The maximum absolute atomic E-state index is 11.6. The van der Waals surface area contributed by atoms with Gasteiger partial charge in [-0.05, 0) is 26.2 Å². The van der Waals surface area contributed by atoms with E-state index < -0.39 is 5.54 Å². The average molecular weight is 267 g/mol. The maximum atomic E-state index is 11.6. The van der Waals surface area contributed by atoms with E-state index in [0.717, 1.165) is 12.8 Å². The molecule has 1 aliphatic carbocycles. The van der Waals surface area contributed by atoms with E-state index in [4.69, 9.17) is 11.0 Å². The van der Waals surface area contributed by atoms with Crippen LogP contribution in [-0.4, -0.2) is 25.6 Å². The van der Waals surface area contributed by atoms with Crippen molar-refractivity contribution in [1.82, 2.24) is 14.8 Å². The molecule has 0 radical (unpaired) electrons. The molecule has 0 spiro atoms. The zero-order valence-electron chi connectivity index (χ0n) is 10.5. The number of hydrogen-bond donors (Lipinski definition) is 2. The Bertz CT molecular complexity index is 522. The Balaban J connectivity index is 2.06. The number of nitrogens with two attached hydrogens (primary N) is 1. The molecule has 2 unspecified atom stereocenters. The summed E-state index contributed by atoms with van der Waals surface area (Å²) in [7, 11) is 0. The highest BCUT2D eigenvalue weighted by molar-refractivity contribution is 7.99. The Labute approximate surface area is 110 Å². The molecule has 1 aliphatic rings. The van der Waals surface area contributed by atoms with Crippen LogP contribution < -0.4 is 11.4 Å². The minimum atomic E-state index is -0.840. The van der Waals surface area contributed by atoms with Crippen molar-refractivity contribution in [2.75, 3.05) is 0 Å². The number of nitrogens with zero attached hydrogens (tertiary/aromatic N) is 3. The fourth-order valence-electron chi connectivity index (χ4n) is 1.89. The second-order valence-corrected chi connectivity index (χ2v) is 6.48. The predicted molar refractivity (Wildman–Crippen MR) is 69.3 cm³/mol. The molecule has 0 amide bonds. The largest absolute Gasteiger partial charge is 0.344 e. The van der Waals surface area contributed by atoms with Crippen molar-refractivity contribution < 1.29 is 0 Å². The smallest absolute Gasteiger partial charge is 0.314 e. The van der Waals surface area contributed by atoms with Crippen molar-refractivity contribution in [1.29, 1.82) is 5.26 Å². The lowest BCUT2D eigenvalue weighted by molar-refractivity contribution is 0.543. The molecule has 7 heteroatoms. The molecule has 0 aliphatic heterocycles. The predicted octanol–water partition coefficient (Wildman–Crippen LogP) is 1.02. The summed E-state index contributed by atoms with van der Waals surface area (Å²) in [5.41, 5.74) is 4.82. The molecular weight excluding hydrogens is 250 g/mol. The summed E-state index contributed by atoms with van der Waals surface area (Å²) < 4.78 is 1.71. The number of aromatic nitrogens is 3. The summed E-state index contributed by atoms with van der Waals surface area (Å²) in [6.07, 6.45) is 2.63. The summed E-state index contributed by atoms with van der Waals surface area (Å²) in [6, 6.07) is 2.38. The molecule has 3 N–H and O–H groups in total. The van der Waals surface area contributed by atoms with E-state index in [-0.39, 0.29) is 10.9 Å². The molecule has 98 valence electrons. The van der Waals surface area contributed by atoms with Gasteiger partial charge in [-0.1, -0.05) is 18.7 Å². The minimum absolute atomic E-state index is 0.132. The first kappa shape index (κ1) is 13.2. The standard InChI is InChI=1S/C11H17N5OS/c1-7(5-11(2,13)6-12)18-10-15-14-9(17)16(10)8-3-4-8/h7-8H,3-5,13H2,1-2H3,(H,14,17). The highest BCUT2D eigenvalue weighted by atomic mass is 32.2. The lowest BCUT2D eigenvalue weighted by Gasteiger charge is -2.19. The molecule has 2 rings (SSSR count). The van der Waals surface area contributed by atoms with E-state index >= 15 is 0 Å². The second-order valence-electron chi connectivity index (χ2n) is 5.07. The van der Waals surface area contributed by atoms with Crippen molar-refractivity contribution in [3.05, 3.63) is 10.5 Å². The molecule has 0 bridgehead atoms. The number of aromatic amines is 1. The molecule has 1 fully saturated rings. The van der Waals surface area contributed by atoms with Crippen LogP contribution in [0.5, 0.6) is 0 Å². The van der Waals surface area contributed by atoms with Gasteiger partial charge in [0.05, 0.1) is 6.07 Å². The highest BCUT2D eigenvalue weighted by Gasteiger charge is 2.30. The molecular formula is C11H17N5OS. The summed E-state index contributed by atoms with van der Waals surface area (Å²) in [4.78, 5) is 11.6. The first-order valence-electron chi connectivity index (χ1n) is 5.96. The van der Waals surface area contributed by atoms with Gasteiger partial charge in [-0.25, -0.2) is 9.89 Å². The van der Waals surface area contributed by atoms with Crippen molar-refractivity contribution in [2.45, 2.75) is 55.1 Å². The Morgan fingerprint density at radius 2 is 2.44 bits per heavy atom. The maximum Gasteiger partial charge on any atom is 0.344 e. The van der Waals surface area contributed by atoms with Gasteiger partial charge in [-0.2, -0.15) is 5.26 Å². The van der Waals surface area contributed by atoms with Gasteiger partial charge < -0.3 is 5.73 Å². The number of rotatable bonds is 5. The molecule has 18 heavy (non-hydrogen) atoms. The van der Waals surface area contributed by atoms with Crippen molar-refractivity contribution >= 4 is 11.8 Å². The zero-order valence-corrected chi connectivity index (χ0v) is 11.3. The molecule has 1 aromatic rings. The fourth-order valence-corrected chi connectivity index (χ4v) is 3.13. The third-order valence-electron chi connectivity index (χ3n) is 2.86. The third kappa shape index (κ3) is 2.94. The lowest BCUT2D eigenvalue weighted by Crippen LogP contribution is -2.36. The van der Waals surface area contributed by atoms with Gasteiger partial charge in [0.2, 0.25) is 0 Å². The van der Waals surface area contributed by atoms with Crippen LogP contribution in [0.4, 0.5) is 0 Å². The van der Waals surface area contributed by atoms with Crippen LogP contribution >= 0.6 is 11.8 Å². The summed E-state index contributed by atoms with van der Waals surface area (Å²) in [5, 5.41) is 16.3. The fraction of sp³-hybridized carbons (Fsp3) is 0.727. The highest BCUT2D eigenvalue weighted by Crippen LogP contribution is 2.37. The van der Waals surface area contributed by atoms with Crippen LogP contribution in [0.3, 0.4) is 0 Å². The van der Waals surface area contributed by atoms with Gasteiger partial charge in [-0.15, -0.1) is 5.10 Å². The van der Waals surface area contributed by atoms with E-state index in [1.165, 1.54) is 11.8 Å². The Kier molecular flexibility index (Phi) is 3.50. The van der Waals surface area contributed by atoms with Crippen LogP contribution in [0.15, 0.2) is 9.95 Å². The molecule has 0 aromatic carbocycles. The minimum Gasteiger partial charge on any atom is -0.314 e. The second kappa shape index (κ2) is 4.78.